The minimum Gasteiger partial charge on any atom is -0.465 e. The third-order valence-electron chi connectivity index (χ3n) is 4.34. The highest BCUT2D eigenvalue weighted by Gasteiger charge is 2.52. The second-order valence-corrected chi connectivity index (χ2v) is 5.60. The third-order valence-corrected chi connectivity index (χ3v) is 4.34. The molecule has 1 aromatic heterocycles. The molecule has 0 unspecified atom stereocenters. The van der Waals surface area contributed by atoms with Crippen LogP contribution in [0.15, 0.2) is 4.52 Å². The molecule has 6 nitrogen and oxygen atoms in total. The van der Waals surface area contributed by atoms with E-state index >= 15 is 0 Å². The zero-order valence-electron chi connectivity index (χ0n) is 11.9. The Hall–Kier alpha value is -1.59. The van der Waals surface area contributed by atoms with E-state index in [9.17, 15) is 4.79 Å². The van der Waals surface area contributed by atoms with Crippen molar-refractivity contribution in [3.8, 4) is 0 Å². The fraction of sp³-hybridized carbons (Fsp3) is 0.786. The van der Waals surface area contributed by atoms with Crippen molar-refractivity contribution in [2.45, 2.75) is 50.9 Å². The van der Waals surface area contributed by atoms with Gasteiger partial charge < -0.3 is 14.2 Å². The van der Waals surface area contributed by atoms with Crippen LogP contribution in [0.25, 0.3) is 0 Å². The number of rotatable bonds is 4. The summed E-state index contributed by atoms with van der Waals surface area (Å²) in [7, 11) is 0. The van der Waals surface area contributed by atoms with Crippen LogP contribution >= 0.6 is 0 Å². The van der Waals surface area contributed by atoms with Gasteiger partial charge in [0.25, 0.3) is 5.95 Å². The number of aromatic nitrogens is 2. The number of esters is 1. The topological polar surface area (TPSA) is 68.5 Å². The molecule has 0 amide bonds. The Balaban J connectivity index is 1.79. The summed E-state index contributed by atoms with van der Waals surface area (Å²) in [4.78, 5) is 18.8. The highest BCUT2D eigenvalue weighted by atomic mass is 16.5. The number of piperidine rings is 1. The molecule has 2 heterocycles. The summed E-state index contributed by atoms with van der Waals surface area (Å²) in [6.45, 7) is 4.13. The van der Waals surface area contributed by atoms with Gasteiger partial charge in [-0.15, -0.1) is 0 Å². The van der Waals surface area contributed by atoms with Gasteiger partial charge in [-0.25, -0.2) is 0 Å². The van der Waals surface area contributed by atoms with Gasteiger partial charge in [0, 0.05) is 13.1 Å². The van der Waals surface area contributed by atoms with Crippen molar-refractivity contribution in [3.05, 3.63) is 5.89 Å². The average molecular weight is 279 g/mol. The molecule has 0 N–H and O–H groups in total. The van der Waals surface area contributed by atoms with Gasteiger partial charge in [0.2, 0.25) is 5.89 Å². The molecule has 3 rings (SSSR count). The smallest absolute Gasteiger partial charge is 0.321 e. The van der Waals surface area contributed by atoms with Gasteiger partial charge in [0.15, 0.2) is 0 Å². The van der Waals surface area contributed by atoms with Gasteiger partial charge >= 0.3 is 5.97 Å². The number of hydrogen-bond acceptors (Lipinski definition) is 6. The van der Waals surface area contributed by atoms with E-state index < -0.39 is 5.41 Å². The molecule has 2 fully saturated rings. The summed E-state index contributed by atoms with van der Waals surface area (Å²) >= 11 is 0. The summed E-state index contributed by atoms with van der Waals surface area (Å²) in [6.07, 6.45) is 6.06. The first-order chi connectivity index (χ1) is 9.76. The minimum absolute atomic E-state index is 0.222. The van der Waals surface area contributed by atoms with E-state index in [-0.39, 0.29) is 5.97 Å². The lowest BCUT2D eigenvalue weighted by Crippen LogP contribution is -2.44. The Morgan fingerprint density at radius 3 is 2.65 bits per heavy atom. The van der Waals surface area contributed by atoms with E-state index in [1.165, 1.54) is 6.42 Å². The van der Waals surface area contributed by atoms with Gasteiger partial charge in [0.1, 0.15) is 5.41 Å². The quantitative estimate of drug-likeness (QED) is 0.786. The number of nitrogens with zero attached hydrogens (tertiary/aromatic N) is 3. The molecular weight excluding hydrogens is 258 g/mol. The van der Waals surface area contributed by atoms with Crippen molar-refractivity contribution in [1.82, 2.24) is 10.1 Å². The molecule has 1 aliphatic heterocycles. The van der Waals surface area contributed by atoms with Crippen molar-refractivity contribution in [3.63, 3.8) is 0 Å². The van der Waals surface area contributed by atoms with Gasteiger partial charge in [-0.3, -0.25) is 4.79 Å². The van der Waals surface area contributed by atoms with E-state index in [4.69, 9.17) is 9.26 Å². The van der Waals surface area contributed by atoms with Crippen molar-refractivity contribution < 1.29 is 14.1 Å². The summed E-state index contributed by atoms with van der Waals surface area (Å²) in [5.74, 6) is 0.832. The van der Waals surface area contributed by atoms with Crippen LogP contribution < -0.4 is 4.90 Å². The van der Waals surface area contributed by atoms with Gasteiger partial charge in [-0.05, 0) is 44.2 Å². The first-order valence-corrected chi connectivity index (χ1v) is 7.52. The zero-order chi connectivity index (χ0) is 14.0. The second kappa shape index (κ2) is 5.42. The molecule has 0 aromatic carbocycles. The Bertz CT molecular complexity index is 476. The standard InChI is InChI=1S/C14H21N3O3/c1-2-19-12(18)14(7-6-8-14)11-15-13(16-20-11)17-9-4-3-5-10-17/h2-10H2,1H3. The van der Waals surface area contributed by atoms with Crippen LogP contribution in [0.5, 0.6) is 0 Å². The van der Waals surface area contributed by atoms with Crippen LogP contribution in [0.1, 0.15) is 51.3 Å². The van der Waals surface area contributed by atoms with Gasteiger partial charge in [0.05, 0.1) is 6.61 Å². The highest BCUT2D eigenvalue weighted by Crippen LogP contribution is 2.44. The molecule has 0 bridgehead atoms. The summed E-state index contributed by atoms with van der Waals surface area (Å²) < 4.78 is 10.6. The molecule has 1 aromatic rings. The summed E-state index contributed by atoms with van der Waals surface area (Å²) in [6, 6.07) is 0. The van der Waals surface area contributed by atoms with E-state index in [1.54, 1.807) is 0 Å². The normalized spacial score (nSPS) is 21.4. The van der Waals surface area contributed by atoms with Crippen LogP contribution in [0.2, 0.25) is 0 Å². The number of carbonyl (C=O) groups excluding carboxylic acids is 1. The fourth-order valence-electron chi connectivity index (χ4n) is 2.94. The zero-order valence-corrected chi connectivity index (χ0v) is 11.9. The van der Waals surface area contributed by atoms with Crippen molar-refractivity contribution >= 4 is 11.9 Å². The molecule has 20 heavy (non-hydrogen) atoms. The maximum Gasteiger partial charge on any atom is 0.321 e. The molecule has 1 aliphatic carbocycles. The SMILES string of the molecule is CCOC(=O)C1(c2nc(N3CCCCC3)no2)CCC1. The Kier molecular flexibility index (Phi) is 3.63. The van der Waals surface area contributed by atoms with E-state index in [0.29, 0.717) is 18.4 Å². The van der Waals surface area contributed by atoms with Crippen LogP contribution in [-0.2, 0) is 14.9 Å². The largest absolute Gasteiger partial charge is 0.465 e. The fourth-order valence-corrected chi connectivity index (χ4v) is 2.94. The lowest BCUT2D eigenvalue weighted by atomic mass is 9.68. The molecular formula is C14H21N3O3. The molecule has 1 saturated heterocycles. The number of carbonyl (C=O) groups is 1. The Labute approximate surface area is 118 Å². The first kappa shape index (κ1) is 13.4. The molecule has 0 spiro atoms. The number of ether oxygens (including phenoxy) is 1. The van der Waals surface area contributed by atoms with Crippen molar-refractivity contribution in [2.24, 2.45) is 0 Å². The lowest BCUT2D eigenvalue weighted by Gasteiger charge is -2.35. The Morgan fingerprint density at radius 1 is 1.30 bits per heavy atom. The number of hydrogen-bond donors (Lipinski definition) is 0. The molecule has 1 saturated carbocycles. The third kappa shape index (κ3) is 2.17. The van der Waals surface area contributed by atoms with Crippen LogP contribution in [0.4, 0.5) is 5.95 Å². The maximum absolute atomic E-state index is 12.2. The summed E-state index contributed by atoms with van der Waals surface area (Å²) in [5.41, 5.74) is -0.683. The predicted octanol–water partition coefficient (Wildman–Crippen LogP) is 2.04. The average Bonchev–Trinajstić information content (AvgIpc) is 2.89. The molecule has 6 heteroatoms. The number of anilines is 1. The van der Waals surface area contributed by atoms with E-state index in [1.807, 2.05) is 6.92 Å². The Morgan fingerprint density at radius 2 is 2.05 bits per heavy atom. The predicted molar refractivity (Wildman–Crippen MR) is 72.5 cm³/mol. The van der Waals surface area contributed by atoms with Gasteiger partial charge in [-0.2, -0.15) is 4.98 Å². The van der Waals surface area contributed by atoms with Crippen LogP contribution in [0.3, 0.4) is 0 Å². The van der Waals surface area contributed by atoms with E-state index in [2.05, 4.69) is 15.0 Å². The highest BCUT2D eigenvalue weighted by molar-refractivity contribution is 5.83. The maximum atomic E-state index is 12.2. The lowest BCUT2D eigenvalue weighted by molar-refractivity contribution is -0.155. The minimum atomic E-state index is -0.683. The van der Waals surface area contributed by atoms with Gasteiger partial charge in [-0.1, -0.05) is 6.42 Å². The van der Waals surface area contributed by atoms with E-state index in [0.717, 1.165) is 45.2 Å². The van der Waals surface area contributed by atoms with Crippen LogP contribution in [0, 0.1) is 0 Å². The molecule has 0 atom stereocenters. The monoisotopic (exact) mass is 279 g/mol. The van der Waals surface area contributed by atoms with Crippen molar-refractivity contribution in [1.29, 1.82) is 0 Å². The summed E-state index contributed by atoms with van der Waals surface area (Å²) in [5, 5.41) is 4.06. The van der Waals surface area contributed by atoms with Crippen LogP contribution in [-0.4, -0.2) is 35.8 Å². The van der Waals surface area contributed by atoms with Crippen molar-refractivity contribution in [2.75, 3.05) is 24.6 Å². The second-order valence-electron chi connectivity index (χ2n) is 5.60. The first-order valence-electron chi connectivity index (χ1n) is 7.52. The molecule has 2 aliphatic rings. The molecule has 0 radical (unpaired) electrons. The molecule has 110 valence electrons.